The van der Waals surface area contributed by atoms with E-state index in [-0.39, 0.29) is 5.75 Å². The molecule has 1 aromatic rings. The Kier molecular flexibility index (Phi) is 5.16. The first-order valence-electron chi connectivity index (χ1n) is 5.99. The molecule has 1 N–H and O–H groups in total. The first-order chi connectivity index (χ1) is 8.46. The number of ether oxygens (including phenoxy) is 1. The van der Waals surface area contributed by atoms with Crippen LogP contribution in [0.4, 0.5) is 0 Å². The van der Waals surface area contributed by atoms with E-state index >= 15 is 0 Å². The van der Waals surface area contributed by atoms with E-state index in [0.717, 1.165) is 0 Å². The molecule has 1 rings (SSSR count). The summed E-state index contributed by atoms with van der Waals surface area (Å²) in [5.74, 6) is 0.718. The highest BCUT2D eigenvalue weighted by Crippen LogP contribution is 2.26. The van der Waals surface area contributed by atoms with E-state index in [9.17, 15) is 13.5 Å². The minimum absolute atomic E-state index is 0.0404. The van der Waals surface area contributed by atoms with Crippen molar-refractivity contribution in [1.82, 2.24) is 0 Å². The summed E-state index contributed by atoms with van der Waals surface area (Å²) in [4.78, 5) is 0. The van der Waals surface area contributed by atoms with Gasteiger partial charge in [0.05, 0.1) is 18.5 Å². The second-order valence-corrected chi connectivity index (χ2v) is 6.62. The van der Waals surface area contributed by atoms with Crippen LogP contribution in [0.5, 0.6) is 5.75 Å². The van der Waals surface area contributed by atoms with E-state index in [2.05, 4.69) is 0 Å². The van der Waals surface area contributed by atoms with Crippen LogP contribution in [0.2, 0.25) is 0 Å². The molecule has 18 heavy (non-hydrogen) atoms. The quantitative estimate of drug-likeness (QED) is 0.859. The number of aliphatic hydroxyl groups excluding tert-OH is 1. The van der Waals surface area contributed by atoms with Crippen molar-refractivity contribution in [2.75, 3.05) is 12.9 Å². The van der Waals surface area contributed by atoms with Crippen LogP contribution in [-0.4, -0.2) is 31.6 Å². The molecule has 0 saturated heterocycles. The number of benzene rings is 1. The van der Waals surface area contributed by atoms with Crippen molar-refractivity contribution in [2.24, 2.45) is 0 Å². The van der Waals surface area contributed by atoms with Gasteiger partial charge in [-0.1, -0.05) is 26.0 Å². The summed E-state index contributed by atoms with van der Waals surface area (Å²) in [6, 6.07) is 6.81. The smallest absolute Gasteiger partial charge is 0.155 e. The van der Waals surface area contributed by atoms with Crippen LogP contribution in [-0.2, 0) is 9.84 Å². The Balaban J connectivity index is 3.00. The van der Waals surface area contributed by atoms with Gasteiger partial charge in [-0.05, 0) is 24.1 Å². The standard InChI is InChI=1S/C13H20O4S/c1-4-12(18(15,16)5-2)13(14)10-6-8-11(17-3)9-7-10/h6-9,12-14H,4-5H2,1-3H3/t12-,13+/m1/s1. The summed E-state index contributed by atoms with van der Waals surface area (Å²) in [7, 11) is -1.70. The van der Waals surface area contributed by atoms with Gasteiger partial charge in [0, 0.05) is 5.75 Å². The minimum Gasteiger partial charge on any atom is -0.497 e. The first-order valence-corrected chi connectivity index (χ1v) is 7.71. The molecule has 0 aromatic heterocycles. The molecule has 4 nitrogen and oxygen atoms in total. The molecule has 1 aromatic carbocycles. The molecule has 0 aliphatic carbocycles. The molecule has 0 spiro atoms. The average molecular weight is 272 g/mol. The van der Waals surface area contributed by atoms with Crippen LogP contribution in [0.1, 0.15) is 31.9 Å². The average Bonchev–Trinajstić information content (AvgIpc) is 2.39. The number of aliphatic hydroxyl groups is 1. The Morgan fingerprint density at radius 2 is 1.78 bits per heavy atom. The van der Waals surface area contributed by atoms with Gasteiger partial charge < -0.3 is 9.84 Å². The Bertz CT molecular complexity index is 464. The molecule has 0 aliphatic heterocycles. The Hall–Kier alpha value is -1.07. The lowest BCUT2D eigenvalue weighted by molar-refractivity contribution is 0.169. The van der Waals surface area contributed by atoms with Crippen LogP contribution in [0.3, 0.4) is 0 Å². The molecule has 0 fully saturated rings. The summed E-state index contributed by atoms with van der Waals surface area (Å²) in [5, 5.41) is 9.44. The van der Waals surface area contributed by atoms with Crippen LogP contribution in [0, 0.1) is 0 Å². The van der Waals surface area contributed by atoms with Gasteiger partial charge in [-0.25, -0.2) is 8.42 Å². The van der Waals surface area contributed by atoms with Crippen molar-refractivity contribution in [2.45, 2.75) is 31.6 Å². The zero-order valence-corrected chi connectivity index (χ0v) is 11.8. The van der Waals surface area contributed by atoms with Gasteiger partial charge in [-0.2, -0.15) is 0 Å². The minimum atomic E-state index is -3.25. The normalized spacial score (nSPS) is 15.1. The molecule has 0 bridgehead atoms. The predicted molar refractivity (Wildman–Crippen MR) is 71.5 cm³/mol. The summed E-state index contributed by atoms with van der Waals surface area (Å²) in [6.07, 6.45) is -0.602. The van der Waals surface area contributed by atoms with Gasteiger partial charge >= 0.3 is 0 Å². The van der Waals surface area contributed by atoms with Gasteiger partial charge in [0.1, 0.15) is 5.75 Å². The third-order valence-corrected chi connectivity index (χ3v) is 5.39. The van der Waals surface area contributed by atoms with E-state index in [1.807, 2.05) is 0 Å². The van der Waals surface area contributed by atoms with Gasteiger partial charge in [0.2, 0.25) is 0 Å². The molecular weight excluding hydrogens is 252 g/mol. The van der Waals surface area contributed by atoms with E-state index in [0.29, 0.717) is 17.7 Å². The van der Waals surface area contributed by atoms with Gasteiger partial charge in [0.15, 0.2) is 9.84 Å². The molecule has 0 amide bonds. The molecule has 0 radical (unpaired) electrons. The summed E-state index contributed by atoms with van der Waals surface area (Å²) >= 11 is 0. The van der Waals surface area contributed by atoms with Crippen molar-refractivity contribution < 1.29 is 18.3 Å². The lowest BCUT2D eigenvalue weighted by Gasteiger charge is -2.21. The van der Waals surface area contributed by atoms with Gasteiger partial charge in [-0.15, -0.1) is 0 Å². The number of sulfone groups is 1. The van der Waals surface area contributed by atoms with Crippen molar-refractivity contribution in [3.8, 4) is 5.75 Å². The molecular formula is C13H20O4S. The topological polar surface area (TPSA) is 63.6 Å². The summed E-state index contributed by atoms with van der Waals surface area (Å²) < 4.78 is 28.8. The van der Waals surface area contributed by atoms with Crippen molar-refractivity contribution in [1.29, 1.82) is 0 Å². The molecule has 5 heteroatoms. The summed E-state index contributed by atoms with van der Waals surface area (Å²) in [5.41, 5.74) is 0.597. The van der Waals surface area contributed by atoms with E-state index in [1.165, 1.54) is 0 Å². The second-order valence-electron chi connectivity index (χ2n) is 4.12. The molecule has 0 aliphatic rings. The number of methoxy groups -OCH3 is 1. The van der Waals surface area contributed by atoms with Gasteiger partial charge in [0.25, 0.3) is 0 Å². The highest BCUT2D eigenvalue weighted by Gasteiger charge is 2.30. The highest BCUT2D eigenvalue weighted by atomic mass is 32.2. The predicted octanol–water partition coefficient (Wildman–Crippen LogP) is 1.94. The Labute approximate surface area is 109 Å². The Morgan fingerprint density at radius 1 is 1.22 bits per heavy atom. The molecule has 2 atom stereocenters. The third kappa shape index (κ3) is 3.23. The van der Waals surface area contributed by atoms with Gasteiger partial charge in [-0.3, -0.25) is 0 Å². The fourth-order valence-corrected chi connectivity index (χ4v) is 3.39. The highest BCUT2D eigenvalue weighted by molar-refractivity contribution is 7.92. The van der Waals surface area contributed by atoms with Crippen molar-refractivity contribution in [3.63, 3.8) is 0 Å². The monoisotopic (exact) mass is 272 g/mol. The van der Waals surface area contributed by atoms with E-state index in [4.69, 9.17) is 4.74 Å². The zero-order valence-electron chi connectivity index (χ0n) is 11.0. The van der Waals surface area contributed by atoms with Crippen LogP contribution >= 0.6 is 0 Å². The lowest BCUT2D eigenvalue weighted by Crippen LogP contribution is -2.29. The van der Waals surface area contributed by atoms with Crippen LogP contribution in [0.15, 0.2) is 24.3 Å². The maximum absolute atomic E-state index is 11.9. The van der Waals surface area contributed by atoms with Crippen molar-refractivity contribution >= 4 is 9.84 Å². The largest absolute Gasteiger partial charge is 0.497 e. The number of hydrogen-bond acceptors (Lipinski definition) is 4. The molecule has 0 unspecified atom stereocenters. The second kappa shape index (κ2) is 6.20. The van der Waals surface area contributed by atoms with Crippen LogP contribution < -0.4 is 4.74 Å². The lowest BCUT2D eigenvalue weighted by atomic mass is 10.0. The maximum atomic E-state index is 11.9. The fraction of sp³-hybridized carbons (Fsp3) is 0.538. The number of rotatable bonds is 6. The van der Waals surface area contributed by atoms with Crippen LogP contribution in [0.25, 0.3) is 0 Å². The Morgan fingerprint density at radius 3 is 2.17 bits per heavy atom. The van der Waals surface area contributed by atoms with E-state index < -0.39 is 21.2 Å². The zero-order chi connectivity index (χ0) is 13.8. The fourth-order valence-electron chi connectivity index (χ4n) is 1.90. The molecule has 102 valence electrons. The molecule has 0 saturated carbocycles. The maximum Gasteiger partial charge on any atom is 0.155 e. The number of hydrogen-bond donors (Lipinski definition) is 1. The molecule has 0 heterocycles. The SMILES string of the molecule is CC[C@H]([C@@H](O)c1ccc(OC)cc1)S(=O)(=O)CC. The first kappa shape index (κ1) is 15.0. The third-order valence-electron chi connectivity index (χ3n) is 3.08. The van der Waals surface area contributed by atoms with Crippen molar-refractivity contribution in [3.05, 3.63) is 29.8 Å². The van der Waals surface area contributed by atoms with E-state index in [1.54, 1.807) is 45.2 Å². The summed E-state index contributed by atoms with van der Waals surface area (Å²) in [6.45, 7) is 3.36.